The standard InChI is InChI=1S/C46H34N2/c1-46(2)39-18-10-8-16-34(39)35-23-20-30(27-40(35)46)37-28-42(47-41-19-11-9-17-36(37)41)31-22-24-43-38(26-31)45-33-15-7-6-12-29(33)21-25-44(45)48(43)32-13-4-3-5-14-32/h3-8,10,12-28H,9,11H2,1-2H3. The number of rotatable bonds is 3. The van der Waals surface area contributed by atoms with Crippen LogP contribution in [0.5, 0.6) is 0 Å². The van der Waals surface area contributed by atoms with Crippen molar-refractivity contribution in [2.45, 2.75) is 32.1 Å². The highest BCUT2D eigenvalue weighted by molar-refractivity contribution is 6.21. The van der Waals surface area contributed by atoms with E-state index in [0.717, 1.165) is 29.4 Å². The molecule has 0 N–H and O–H groups in total. The van der Waals surface area contributed by atoms with Crippen LogP contribution in [0.3, 0.4) is 0 Å². The Morgan fingerprint density at radius 3 is 2.23 bits per heavy atom. The summed E-state index contributed by atoms with van der Waals surface area (Å²) in [5.41, 5.74) is 13.7. The van der Waals surface area contributed by atoms with Crippen LogP contribution in [0.25, 0.3) is 83.9 Å². The average Bonchev–Trinajstić information content (AvgIpc) is 3.60. The topological polar surface area (TPSA) is 17.8 Å². The fourth-order valence-electron chi connectivity index (χ4n) is 8.46. The lowest BCUT2D eigenvalue weighted by atomic mass is 9.81. The number of pyridine rings is 1. The van der Waals surface area contributed by atoms with Crippen LogP contribution in [-0.4, -0.2) is 9.55 Å². The molecule has 2 aliphatic carbocycles. The van der Waals surface area contributed by atoms with E-state index in [0.29, 0.717) is 0 Å². The molecular formula is C46H34N2. The van der Waals surface area contributed by atoms with E-state index in [-0.39, 0.29) is 5.41 Å². The fourth-order valence-corrected chi connectivity index (χ4v) is 8.46. The van der Waals surface area contributed by atoms with Crippen LogP contribution in [0.1, 0.15) is 37.8 Å². The summed E-state index contributed by atoms with van der Waals surface area (Å²) in [6.45, 7) is 4.72. The molecule has 0 saturated heterocycles. The number of hydrogen-bond donors (Lipinski definition) is 0. The largest absolute Gasteiger partial charge is 0.309 e. The first kappa shape index (κ1) is 27.4. The maximum atomic E-state index is 5.32. The van der Waals surface area contributed by atoms with E-state index in [4.69, 9.17) is 4.98 Å². The van der Waals surface area contributed by atoms with E-state index in [9.17, 15) is 0 Å². The molecule has 0 unspecified atom stereocenters. The van der Waals surface area contributed by atoms with Crippen molar-refractivity contribution in [3.05, 3.63) is 155 Å². The molecule has 10 rings (SSSR count). The van der Waals surface area contributed by atoms with Gasteiger partial charge < -0.3 is 4.57 Å². The zero-order valence-electron chi connectivity index (χ0n) is 27.2. The first-order valence-corrected chi connectivity index (χ1v) is 17.0. The minimum Gasteiger partial charge on any atom is -0.309 e. The molecule has 0 amide bonds. The van der Waals surface area contributed by atoms with Crippen LogP contribution in [-0.2, 0) is 5.41 Å². The summed E-state index contributed by atoms with van der Waals surface area (Å²) in [4.78, 5) is 5.32. The number of fused-ring (bicyclic) bond motifs is 9. The van der Waals surface area contributed by atoms with E-state index in [1.165, 1.54) is 76.9 Å². The van der Waals surface area contributed by atoms with Gasteiger partial charge in [0.25, 0.3) is 0 Å². The van der Waals surface area contributed by atoms with Gasteiger partial charge in [0.1, 0.15) is 0 Å². The van der Waals surface area contributed by atoms with Crippen molar-refractivity contribution in [2.24, 2.45) is 0 Å². The molecular weight excluding hydrogens is 581 g/mol. The number of para-hydroxylation sites is 1. The van der Waals surface area contributed by atoms with Gasteiger partial charge in [-0.3, -0.25) is 0 Å². The quantitative estimate of drug-likeness (QED) is 0.194. The van der Waals surface area contributed by atoms with E-state index in [2.05, 4.69) is 164 Å². The van der Waals surface area contributed by atoms with Crippen molar-refractivity contribution in [1.82, 2.24) is 9.55 Å². The Balaban J connectivity index is 1.21. The van der Waals surface area contributed by atoms with Crippen molar-refractivity contribution in [2.75, 3.05) is 0 Å². The third kappa shape index (κ3) is 3.89. The highest BCUT2D eigenvalue weighted by Crippen LogP contribution is 2.49. The predicted octanol–water partition coefficient (Wildman–Crippen LogP) is 10.3. The second kappa shape index (κ2) is 10.1. The lowest BCUT2D eigenvalue weighted by molar-refractivity contribution is 0.660. The van der Waals surface area contributed by atoms with Crippen molar-refractivity contribution in [3.63, 3.8) is 0 Å². The predicted molar refractivity (Wildman–Crippen MR) is 202 cm³/mol. The third-order valence-corrected chi connectivity index (χ3v) is 10.8. The van der Waals surface area contributed by atoms with E-state index < -0.39 is 0 Å². The maximum Gasteiger partial charge on any atom is 0.0716 e. The Kier molecular flexibility index (Phi) is 5.78. The molecule has 0 aliphatic heterocycles. The minimum absolute atomic E-state index is 0.0471. The summed E-state index contributed by atoms with van der Waals surface area (Å²) < 4.78 is 2.40. The molecule has 0 spiro atoms. The molecule has 0 radical (unpaired) electrons. The van der Waals surface area contributed by atoms with Crippen LogP contribution in [0.4, 0.5) is 0 Å². The number of nitrogens with zero attached hydrogens (tertiary/aromatic N) is 2. The Labute approximate surface area is 280 Å². The molecule has 0 fully saturated rings. The monoisotopic (exact) mass is 614 g/mol. The first-order chi connectivity index (χ1) is 23.6. The Morgan fingerprint density at radius 1 is 0.562 bits per heavy atom. The summed E-state index contributed by atoms with van der Waals surface area (Å²) in [6, 6.07) is 49.2. The van der Waals surface area contributed by atoms with Crippen LogP contribution in [0.15, 0.2) is 133 Å². The molecule has 2 aliphatic rings. The SMILES string of the molecule is CC1(C)c2ccccc2-c2ccc(-c3cc(-c4ccc5c(c4)c4c6ccccc6ccc4n5-c4ccccc4)nc4c3=CCCC=4)cc21. The number of benzene rings is 6. The van der Waals surface area contributed by atoms with Gasteiger partial charge in [0.05, 0.1) is 22.1 Å². The lowest BCUT2D eigenvalue weighted by Gasteiger charge is -2.22. The second-order valence-electron chi connectivity index (χ2n) is 13.9. The Hall–Kier alpha value is -5.73. The molecule has 8 aromatic rings. The van der Waals surface area contributed by atoms with E-state index in [1.54, 1.807) is 0 Å². The normalized spacial score (nSPS) is 14.4. The maximum absolute atomic E-state index is 5.32. The fraction of sp³-hybridized carbons (Fsp3) is 0.109. The molecule has 0 saturated carbocycles. The van der Waals surface area contributed by atoms with Gasteiger partial charge in [-0.1, -0.05) is 117 Å². The van der Waals surface area contributed by atoms with Crippen LogP contribution >= 0.6 is 0 Å². The molecule has 2 heterocycles. The molecule has 228 valence electrons. The van der Waals surface area contributed by atoms with E-state index >= 15 is 0 Å². The molecule has 0 bridgehead atoms. The lowest BCUT2D eigenvalue weighted by Crippen LogP contribution is -2.32. The van der Waals surface area contributed by atoms with Gasteiger partial charge in [-0.25, -0.2) is 4.98 Å². The Morgan fingerprint density at radius 2 is 1.31 bits per heavy atom. The summed E-state index contributed by atoms with van der Waals surface area (Å²) in [7, 11) is 0. The van der Waals surface area contributed by atoms with Gasteiger partial charge in [0, 0.05) is 32.7 Å². The van der Waals surface area contributed by atoms with Gasteiger partial charge in [-0.2, -0.15) is 0 Å². The van der Waals surface area contributed by atoms with Gasteiger partial charge in [0.2, 0.25) is 0 Å². The van der Waals surface area contributed by atoms with Crippen molar-refractivity contribution >= 4 is 44.7 Å². The highest BCUT2D eigenvalue weighted by Gasteiger charge is 2.35. The van der Waals surface area contributed by atoms with Crippen LogP contribution in [0.2, 0.25) is 0 Å². The summed E-state index contributed by atoms with van der Waals surface area (Å²) in [5, 5.41) is 7.41. The smallest absolute Gasteiger partial charge is 0.0716 e. The molecule has 2 nitrogen and oxygen atoms in total. The van der Waals surface area contributed by atoms with Gasteiger partial charge in [-0.05, 0) is 99.5 Å². The molecule has 48 heavy (non-hydrogen) atoms. The summed E-state index contributed by atoms with van der Waals surface area (Å²) >= 11 is 0. The zero-order chi connectivity index (χ0) is 32.0. The van der Waals surface area contributed by atoms with Crippen LogP contribution < -0.4 is 10.6 Å². The van der Waals surface area contributed by atoms with Crippen molar-refractivity contribution in [1.29, 1.82) is 0 Å². The van der Waals surface area contributed by atoms with Crippen LogP contribution in [0, 0.1) is 0 Å². The van der Waals surface area contributed by atoms with Crippen molar-refractivity contribution < 1.29 is 0 Å². The first-order valence-electron chi connectivity index (χ1n) is 17.0. The minimum atomic E-state index is -0.0471. The van der Waals surface area contributed by atoms with Gasteiger partial charge in [-0.15, -0.1) is 0 Å². The number of aromatic nitrogens is 2. The summed E-state index contributed by atoms with van der Waals surface area (Å²) in [6.07, 6.45) is 6.77. The van der Waals surface area contributed by atoms with Gasteiger partial charge >= 0.3 is 0 Å². The average molecular weight is 615 g/mol. The Bertz CT molecular complexity index is 2750. The molecule has 2 aromatic heterocycles. The molecule has 2 heteroatoms. The zero-order valence-corrected chi connectivity index (χ0v) is 27.2. The second-order valence-corrected chi connectivity index (χ2v) is 13.9. The van der Waals surface area contributed by atoms with Crippen molar-refractivity contribution in [3.8, 4) is 39.2 Å². The number of hydrogen-bond acceptors (Lipinski definition) is 1. The van der Waals surface area contributed by atoms with E-state index in [1.807, 2.05) is 0 Å². The molecule has 6 aromatic carbocycles. The van der Waals surface area contributed by atoms with Gasteiger partial charge in [0.15, 0.2) is 0 Å². The molecule has 0 atom stereocenters. The third-order valence-electron chi connectivity index (χ3n) is 10.8. The highest BCUT2D eigenvalue weighted by atomic mass is 15.0. The summed E-state index contributed by atoms with van der Waals surface area (Å²) in [5.74, 6) is 0.